The Bertz CT molecular complexity index is 1440. The highest BCUT2D eigenvalue weighted by atomic mass is 32.2. The lowest BCUT2D eigenvalue weighted by Gasteiger charge is -2.16. The van der Waals surface area contributed by atoms with Crippen molar-refractivity contribution < 1.29 is 17.2 Å². The molecule has 0 aliphatic carbocycles. The third kappa shape index (κ3) is 5.28. The molecule has 1 atom stereocenters. The highest BCUT2D eigenvalue weighted by molar-refractivity contribution is 7.92. The molecule has 0 fully saturated rings. The van der Waals surface area contributed by atoms with E-state index >= 15 is 0 Å². The van der Waals surface area contributed by atoms with Crippen LogP contribution in [0, 0.1) is 12.7 Å². The van der Waals surface area contributed by atoms with Gasteiger partial charge in [0, 0.05) is 5.56 Å². The minimum absolute atomic E-state index is 0.0441. The van der Waals surface area contributed by atoms with Crippen LogP contribution >= 0.6 is 0 Å². The molecule has 182 valence electrons. The fraction of sp³-hybridized carbons (Fsp3) is 0.280. The van der Waals surface area contributed by atoms with Crippen molar-refractivity contribution in [2.24, 2.45) is 0 Å². The Morgan fingerprint density at radius 1 is 1.03 bits per heavy atom. The van der Waals surface area contributed by atoms with E-state index < -0.39 is 20.9 Å². The summed E-state index contributed by atoms with van der Waals surface area (Å²) in [6.07, 6.45) is 2.14. The van der Waals surface area contributed by atoms with Gasteiger partial charge in [-0.1, -0.05) is 24.3 Å². The molecule has 2 heterocycles. The maximum Gasteiger partial charge on any atom is 0.268 e. The van der Waals surface area contributed by atoms with E-state index in [-0.39, 0.29) is 22.2 Å². The molecule has 0 saturated carbocycles. The van der Waals surface area contributed by atoms with Crippen LogP contribution in [0.5, 0.6) is 0 Å². The van der Waals surface area contributed by atoms with Gasteiger partial charge in [0.05, 0.1) is 33.3 Å². The van der Waals surface area contributed by atoms with Gasteiger partial charge in [0.25, 0.3) is 11.8 Å². The first-order valence-electron chi connectivity index (χ1n) is 11.1. The zero-order chi connectivity index (χ0) is 25.2. The quantitative estimate of drug-likeness (QED) is 0.354. The Balaban J connectivity index is 1.61. The van der Waals surface area contributed by atoms with Crippen molar-refractivity contribution in [3.05, 3.63) is 66.2 Å². The number of hydrogen-bond donors (Lipinski definition) is 0. The SMILES string of the molecule is Cc1ncc(-c2ccc(S(=O)(=O)C(C)CCN(C)C)cc2)nc1-c1nnc(-c2ccccc2F)o1. The van der Waals surface area contributed by atoms with Crippen molar-refractivity contribution in [3.63, 3.8) is 0 Å². The van der Waals surface area contributed by atoms with Crippen molar-refractivity contribution in [1.29, 1.82) is 0 Å². The standard InChI is InChI=1S/C25H26FN5O3S/c1-16(13-14-31(3)4)35(32,33)19-11-9-18(10-12-19)22-15-27-17(2)23(28-22)25-30-29-24(34-25)20-7-5-6-8-21(20)26/h5-12,15-16H,13-14H2,1-4H3. The van der Waals surface area contributed by atoms with Gasteiger partial charge in [-0.15, -0.1) is 10.2 Å². The first-order chi connectivity index (χ1) is 16.7. The zero-order valence-corrected chi connectivity index (χ0v) is 20.8. The van der Waals surface area contributed by atoms with Crippen molar-refractivity contribution in [3.8, 4) is 34.3 Å². The van der Waals surface area contributed by atoms with E-state index in [1.54, 1.807) is 62.5 Å². The van der Waals surface area contributed by atoms with Crippen LogP contribution in [0.4, 0.5) is 4.39 Å². The van der Waals surface area contributed by atoms with E-state index in [9.17, 15) is 12.8 Å². The minimum atomic E-state index is -3.45. The molecule has 35 heavy (non-hydrogen) atoms. The molecule has 1 unspecified atom stereocenters. The van der Waals surface area contributed by atoms with Gasteiger partial charge in [0.2, 0.25) is 0 Å². The van der Waals surface area contributed by atoms with Crippen LogP contribution in [0.3, 0.4) is 0 Å². The summed E-state index contributed by atoms with van der Waals surface area (Å²) in [5.74, 6) is -0.308. The van der Waals surface area contributed by atoms with Crippen molar-refractivity contribution in [2.45, 2.75) is 30.4 Å². The molecule has 0 spiro atoms. The molecule has 10 heteroatoms. The molecule has 0 aliphatic rings. The second-order valence-electron chi connectivity index (χ2n) is 8.55. The van der Waals surface area contributed by atoms with Crippen LogP contribution < -0.4 is 0 Å². The number of halogens is 1. The van der Waals surface area contributed by atoms with Gasteiger partial charge in [0.15, 0.2) is 9.84 Å². The summed E-state index contributed by atoms with van der Waals surface area (Å²) in [4.78, 5) is 11.2. The Morgan fingerprint density at radius 2 is 1.71 bits per heavy atom. The molecule has 2 aromatic carbocycles. The van der Waals surface area contributed by atoms with Crippen LogP contribution in [0.2, 0.25) is 0 Å². The largest absolute Gasteiger partial charge is 0.414 e. The highest BCUT2D eigenvalue weighted by Crippen LogP contribution is 2.28. The van der Waals surface area contributed by atoms with Gasteiger partial charge >= 0.3 is 0 Å². The molecule has 0 radical (unpaired) electrons. The molecule has 2 aromatic heterocycles. The molecule has 0 bridgehead atoms. The van der Waals surface area contributed by atoms with Crippen molar-refractivity contribution in [2.75, 3.05) is 20.6 Å². The van der Waals surface area contributed by atoms with Crippen LogP contribution in [-0.2, 0) is 9.84 Å². The number of hydrogen-bond acceptors (Lipinski definition) is 8. The van der Waals surface area contributed by atoms with Gasteiger partial charge in [-0.25, -0.2) is 17.8 Å². The summed E-state index contributed by atoms with van der Waals surface area (Å²) in [5, 5.41) is 7.48. The Labute approximate surface area is 203 Å². The average molecular weight is 496 g/mol. The number of nitrogens with zero attached hydrogens (tertiary/aromatic N) is 5. The number of sulfone groups is 1. The van der Waals surface area contributed by atoms with Gasteiger partial charge in [-0.3, -0.25) is 4.98 Å². The summed E-state index contributed by atoms with van der Waals surface area (Å²) < 4.78 is 45.6. The van der Waals surface area contributed by atoms with Gasteiger partial charge < -0.3 is 9.32 Å². The van der Waals surface area contributed by atoms with Gasteiger partial charge in [-0.05, 0) is 65.2 Å². The van der Waals surface area contributed by atoms with E-state index in [2.05, 4.69) is 20.2 Å². The number of aryl methyl sites for hydroxylation is 1. The third-order valence-corrected chi connectivity index (χ3v) is 7.90. The smallest absolute Gasteiger partial charge is 0.268 e. The van der Waals surface area contributed by atoms with Crippen LogP contribution in [0.25, 0.3) is 34.3 Å². The minimum Gasteiger partial charge on any atom is -0.414 e. The topological polar surface area (TPSA) is 102 Å². The maximum atomic E-state index is 14.1. The van der Waals surface area contributed by atoms with Gasteiger partial charge in [0.1, 0.15) is 11.5 Å². The van der Waals surface area contributed by atoms with Crippen LogP contribution in [0.1, 0.15) is 19.0 Å². The normalized spacial score (nSPS) is 12.7. The molecule has 4 rings (SSSR count). The summed E-state index contributed by atoms with van der Waals surface area (Å²) >= 11 is 0. The first kappa shape index (κ1) is 24.6. The summed E-state index contributed by atoms with van der Waals surface area (Å²) in [6.45, 7) is 4.17. The lowest BCUT2D eigenvalue weighted by Crippen LogP contribution is -2.24. The van der Waals surface area contributed by atoms with E-state index in [0.29, 0.717) is 35.6 Å². The summed E-state index contributed by atoms with van der Waals surface area (Å²) in [6, 6.07) is 12.7. The van der Waals surface area contributed by atoms with Gasteiger partial charge in [-0.2, -0.15) is 0 Å². The van der Waals surface area contributed by atoms with Crippen molar-refractivity contribution in [1.82, 2.24) is 25.1 Å². The van der Waals surface area contributed by atoms with E-state index in [1.807, 2.05) is 19.0 Å². The average Bonchev–Trinajstić information content (AvgIpc) is 3.33. The first-order valence-corrected chi connectivity index (χ1v) is 12.6. The molecular formula is C25H26FN5O3S. The Morgan fingerprint density at radius 3 is 2.40 bits per heavy atom. The Kier molecular flexibility index (Phi) is 7.04. The second kappa shape index (κ2) is 10.0. The zero-order valence-electron chi connectivity index (χ0n) is 19.9. The molecule has 0 amide bonds. The molecular weight excluding hydrogens is 469 g/mol. The molecule has 0 N–H and O–H groups in total. The third-order valence-electron chi connectivity index (χ3n) is 5.68. The van der Waals surface area contributed by atoms with E-state index in [1.165, 1.54) is 6.07 Å². The molecule has 4 aromatic rings. The summed E-state index contributed by atoms with van der Waals surface area (Å²) in [5.41, 5.74) is 2.33. The fourth-order valence-corrected chi connectivity index (χ4v) is 4.89. The number of aromatic nitrogens is 4. The monoisotopic (exact) mass is 495 g/mol. The predicted molar refractivity (Wildman–Crippen MR) is 131 cm³/mol. The number of benzene rings is 2. The Hall–Kier alpha value is -3.50. The van der Waals surface area contributed by atoms with E-state index in [0.717, 1.165) is 0 Å². The number of rotatable bonds is 8. The predicted octanol–water partition coefficient (Wildman–Crippen LogP) is 4.42. The van der Waals surface area contributed by atoms with Crippen LogP contribution in [-0.4, -0.2) is 59.4 Å². The lowest BCUT2D eigenvalue weighted by molar-refractivity contribution is 0.397. The fourth-order valence-electron chi connectivity index (χ4n) is 3.50. The lowest BCUT2D eigenvalue weighted by atomic mass is 10.1. The molecule has 8 nitrogen and oxygen atoms in total. The second-order valence-corrected chi connectivity index (χ2v) is 10.9. The van der Waals surface area contributed by atoms with Crippen LogP contribution in [0.15, 0.2) is 64.0 Å². The highest BCUT2D eigenvalue weighted by Gasteiger charge is 2.23. The summed E-state index contributed by atoms with van der Waals surface area (Å²) in [7, 11) is 0.388. The molecule has 0 saturated heterocycles. The van der Waals surface area contributed by atoms with Crippen molar-refractivity contribution >= 4 is 9.84 Å². The van der Waals surface area contributed by atoms with E-state index in [4.69, 9.17) is 4.42 Å². The molecule has 0 aliphatic heterocycles. The maximum absolute atomic E-state index is 14.1.